The van der Waals surface area contributed by atoms with Gasteiger partial charge in [-0.3, -0.25) is 5.84 Å². The number of hydrogen-bond donors (Lipinski definition) is 2. The Morgan fingerprint density at radius 1 is 1.58 bits per heavy atom. The smallest absolute Gasteiger partial charge is 0.145 e. The third-order valence-corrected chi connectivity index (χ3v) is 1.63. The molecule has 3 nitrogen and oxygen atoms in total. The van der Waals surface area contributed by atoms with Gasteiger partial charge in [-0.1, -0.05) is 11.6 Å². The van der Waals surface area contributed by atoms with Crippen LogP contribution >= 0.6 is 11.6 Å². The second-order valence-electron chi connectivity index (χ2n) is 2.22. The predicted octanol–water partition coefficient (Wildman–Crippen LogP) is 2.02. The van der Waals surface area contributed by atoms with E-state index >= 15 is 0 Å². The van der Waals surface area contributed by atoms with Crippen LogP contribution in [0.15, 0.2) is 18.2 Å². The van der Waals surface area contributed by atoms with E-state index in [0.717, 1.165) is 5.69 Å². The Labute approximate surface area is 76.4 Å². The first-order valence-electron chi connectivity index (χ1n) is 3.67. The lowest BCUT2D eigenvalue weighted by Gasteiger charge is -2.08. The number of nitrogens with one attached hydrogen (secondary N) is 1. The summed E-state index contributed by atoms with van der Waals surface area (Å²) in [5.41, 5.74) is 3.26. The number of halogens is 1. The van der Waals surface area contributed by atoms with Gasteiger partial charge in [-0.15, -0.1) is 0 Å². The van der Waals surface area contributed by atoms with Gasteiger partial charge in [-0.05, 0) is 19.1 Å². The molecule has 0 spiro atoms. The highest BCUT2D eigenvalue weighted by atomic mass is 35.5. The first-order chi connectivity index (χ1) is 5.77. The van der Waals surface area contributed by atoms with Gasteiger partial charge in [0.2, 0.25) is 0 Å². The highest BCUT2D eigenvalue weighted by molar-refractivity contribution is 6.30. The third-order valence-electron chi connectivity index (χ3n) is 1.40. The SMILES string of the molecule is CCOc1cc(Cl)ccc1NN. The normalized spacial score (nSPS) is 9.58. The minimum atomic E-state index is 0.592. The van der Waals surface area contributed by atoms with Gasteiger partial charge in [0.25, 0.3) is 0 Å². The van der Waals surface area contributed by atoms with Crippen LogP contribution in [-0.4, -0.2) is 6.61 Å². The Kier molecular flexibility index (Phi) is 3.19. The molecule has 1 aromatic rings. The number of nitrogen functional groups attached to an aromatic ring is 1. The Bertz CT molecular complexity index is 265. The molecule has 1 aromatic carbocycles. The highest BCUT2D eigenvalue weighted by Gasteiger charge is 2.01. The lowest BCUT2D eigenvalue weighted by Crippen LogP contribution is -2.08. The molecule has 4 heteroatoms. The van der Waals surface area contributed by atoms with Crippen LogP contribution in [0.25, 0.3) is 0 Å². The fraction of sp³-hybridized carbons (Fsp3) is 0.250. The summed E-state index contributed by atoms with van der Waals surface area (Å²) in [5.74, 6) is 5.93. The molecule has 0 atom stereocenters. The summed E-state index contributed by atoms with van der Waals surface area (Å²) >= 11 is 5.76. The molecule has 0 aliphatic rings. The van der Waals surface area contributed by atoms with Gasteiger partial charge in [0.1, 0.15) is 5.75 Å². The van der Waals surface area contributed by atoms with Crippen LogP contribution in [0, 0.1) is 0 Å². The fourth-order valence-corrected chi connectivity index (χ4v) is 1.05. The zero-order valence-electron chi connectivity index (χ0n) is 6.80. The lowest BCUT2D eigenvalue weighted by atomic mass is 10.3. The van der Waals surface area contributed by atoms with Crippen molar-refractivity contribution in [2.24, 2.45) is 5.84 Å². The zero-order chi connectivity index (χ0) is 8.97. The van der Waals surface area contributed by atoms with E-state index in [1.54, 1.807) is 18.2 Å². The molecular formula is C8H11ClN2O. The van der Waals surface area contributed by atoms with Crippen LogP contribution in [0.5, 0.6) is 5.75 Å². The Morgan fingerprint density at radius 2 is 2.33 bits per heavy atom. The van der Waals surface area contributed by atoms with E-state index in [4.69, 9.17) is 22.2 Å². The average Bonchev–Trinajstić information content (AvgIpc) is 2.05. The van der Waals surface area contributed by atoms with E-state index in [1.165, 1.54) is 0 Å². The summed E-state index contributed by atoms with van der Waals surface area (Å²) in [4.78, 5) is 0. The molecule has 1 rings (SSSR count). The van der Waals surface area contributed by atoms with Gasteiger partial charge in [0.15, 0.2) is 0 Å². The van der Waals surface area contributed by atoms with Crippen LogP contribution in [0.3, 0.4) is 0 Å². The van der Waals surface area contributed by atoms with E-state index in [2.05, 4.69) is 5.43 Å². The maximum atomic E-state index is 5.76. The molecule has 3 N–H and O–H groups in total. The van der Waals surface area contributed by atoms with E-state index in [9.17, 15) is 0 Å². The molecule has 0 aliphatic carbocycles. The Hall–Kier alpha value is -0.930. The van der Waals surface area contributed by atoms with Crippen LogP contribution in [0.2, 0.25) is 5.02 Å². The van der Waals surface area contributed by atoms with Gasteiger partial charge in [0.05, 0.1) is 12.3 Å². The molecule has 0 saturated heterocycles. The number of rotatable bonds is 3. The van der Waals surface area contributed by atoms with Gasteiger partial charge >= 0.3 is 0 Å². The number of anilines is 1. The second-order valence-corrected chi connectivity index (χ2v) is 2.65. The third kappa shape index (κ3) is 2.03. The van der Waals surface area contributed by atoms with Gasteiger partial charge < -0.3 is 10.2 Å². The first-order valence-corrected chi connectivity index (χ1v) is 4.04. The van der Waals surface area contributed by atoms with Crippen LogP contribution in [0.4, 0.5) is 5.69 Å². The number of hydrazine groups is 1. The summed E-state index contributed by atoms with van der Waals surface area (Å²) < 4.78 is 5.28. The van der Waals surface area contributed by atoms with Gasteiger partial charge in [-0.2, -0.15) is 0 Å². The summed E-state index contributed by atoms with van der Waals surface area (Å²) in [7, 11) is 0. The van der Waals surface area contributed by atoms with Crippen molar-refractivity contribution in [2.45, 2.75) is 6.92 Å². The standard InChI is InChI=1S/C8H11ClN2O/c1-2-12-8-5-6(9)3-4-7(8)11-10/h3-5,11H,2,10H2,1H3. The molecule has 0 fully saturated rings. The van der Waals surface area contributed by atoms with Crippen LogP contribution in [0.1, 0.15) is 6.92 Å². The van der Waals surface area contributed by atoms with Crippen LogP contribution in [-0.2, 0) is 0 Å². The summed E-state index contributed by atoms with van der Waals surface area (Å²) in [6, 6.07) is 5.24. The van der Waals surface area contributed by atoms with Crippen molar-refractivity contribution < 1.29 is 4.74 Å². The first kappa shape index (κ1) is 9.16. The molecule has 0 aliphatic heterocycles. The molecule has 12 heavy (non-hydrogen) atoms. The van der Waals surface area contributed by atoms with Crippen molar-refractivity contribution in [3.63, 3.8) is 0 Å². The van der Waals surface area contributed by atoms with Crippen molar-refractivity contribution in [3.05, 3.63) is 23.2 Å². The summed E-state index contributed by atoms with van der Waals surface area (Å²) in [5, 5.41) is 0.637. The molecule has 0 unspecified atom stereocenters. The largest absolute Gasteiger partial charge is 0.492 e. The minimum Gasteiger partial charge on any atom is -0.492 e. The molecule has 66 valence electrons. The molecule has 0 aromatic heterocycles. The molecule has 0 heterocycles. The molecule has 0 amide bonds. The van der Waals surface area contributed by atoms with Gasteiger partial charge in [0, 0.05) is 11.1 Å². The number of nitrogens with two attached hydrogens (primary N) is 1. The van der Waals surface area contributed by atoms with Crippen molar-refractivity contribution in [2.75, 3.05) is 12.0 Å². The quantitative estimate of drug-likeness (QED) is 0.561. The van der Waals surface area contributed by atoms with Crippen molar-refractivity contribution in [1.29, 1.82) is 0 Å². The number of ether oxygens (including phenoxy) is 1. The van der Waals surface area contributed by atoms with Crippen LogP contribution < -0.4 is 16.0 Å². The van der Waals surface area contributed by atoms with Crippen molar-refractivity contribution >= 4 is 17.3 Å². The molecule has 0 saturated carbocycles. The zero-order valence-corrected chi connectivity index (χ0v) is 7.56. The second kappa shape index (κ2) is 4.18. The van der Waals surface area contributed by atoms with E-state index in [1.807, 2.05) is 6.92 Å². The van der Waals surface area contributed by atoms with Gasteiger partial charge in [-0.25, -0.2) is 0 Å². The number of hydrogen-bond acceptors (Lipinski definition) is 3. The average molecular weight is 187 g/mol. The summed E-state index contributed by atoms with van der Waals surface area (Å²) in [6.07, 6.45) is 0. The topological polar surface area (TPSA) is 47.3 Å². The van der Waals surface area contributed by atoms with Crippen molar-refractivity contribution in [1.82, 2.24) is 0 Å². The van der Waals surface area contributed by atoms with E-state index in [-0.39, 0.29) is 0 Å². The Balaban J connectivity index is 2.95. The highest BCUT2D eigenvalue weighted by Crippen LogP contribution is 2.26. The Morgan fingerprint density at radius 3 is 2.92 bits per heavy atom. The fourth-order valence-electron chi connectivity index (χ4n) is 0.890. The predicted molar refractivity (Wildman–Crippen MR) is 50.4 cm³/mol. The molecular weight excluding hydrogens is 176 g/mol. The summed E-state index contributed by atoms with van der Waals surface area (Å²) in [6.45, 7) is 2.50. The maximum Gasteiger partial charge on any atom is 0.145 e. The molecule has 0 bridgehead atoms. The number of benzene rings is 1. The molecule has 0 radical (unpaired) electrons. The maximum absolute atomic E-state index is 5.76. The monoisotopic (exact) mass is 186 g/mol. The van der Waals surface area contributed by atoms with Crippen molar-refractivity contribution in [3.8, 4) is 5.75 Å². The van der Waals surface area contributed by atoms with E-state index < -0.39 is 0 Å². The lowest BCUT2D eigenvalue weighted by molar-refractivity contribution is 0.342. The minimum absolute atomic E-state index is 0.592. The van der Waals surface area contributed by atoms with E-state index in [0.29, 0.717) is 17.4 Å².